The van der Waals surface area contributed by atoms with Crippen LogP contribution in [0.2, 0.25) is 0 Å². The Labute approximate surface area is 191 Å². The van der Waals surface area contributed by atoms with Crippen LogP contribution >= 0.6 is 0 Å². The molecule has 0 bridgehead atoms. The number of benzene rings is 2. The first kappa shape index (κ1) is 21.9. The van der Waals surface area contributed by atoms with Crippen LogP contribution in [0.25, 0.3) is 22.0 Å². The zero-order valence-corrected chi connectivity index (χ0v) is 19.7. The fourth-order valence-corrected chi connectivity index (χ4v) is 4.22. The Morgan fingerprint density at radius 1 is 0.969 bits per heavy atom. The second-order valence-electron chi connectivity index (χ2n) is 10.0. The molecule has 0 amide bonds. The third-order valence-electron chi connectivity index (χ3n) is 5.87. The molecule has 1 unspecified atom stereocenters. The SMILES string of the molecule is Cc1ccccc1-c1ccc2nc(N)c(CC(C)c3cc(CC(C)(C)C)ncn3)cc2c1. The minimum absolute atomic E-state index is 0.191. The largest absolute Gasteiger partial charge is 0.383 e. The van der Waals surface area contributed by atoms with Crippen molar-refractivity contribution in [1.82, 2.24) is 15.0 Å². The van der Waals surface area contributed by atoms with Gasteiger partial charge >= 0.3 is 0 Å². The molecule has 2 N–H and O–H groups in total. The molecule has 0 aliphatic carbocycles. The predicted octanol–water partition coefficient (Wildman–Crippen LogP) is 6.52. The number of nitrogen functional groups attached to an aromatic ring is 1. The summed E-state index contributed by atoms with van der Waals surface area (Å²) in [6.45, 7) is 11.0. The van der Waals surface area contributed by atoms with Gasteiger partial charge in [0.25, 0.3) is 0 Å². The molecule has 2 aromatic carbocycles. The van der Waals surface area contributed by atoms with E-state index in [-0.39, 0.29) is 11.3 Å². The lowest BCUT2D eigenvalue weighted by Crippen LogP contribution is -2.12. The van der Waals surface area contributed by atoms with E-state index in [2.05, 4.69) is 99.2 Å². The Bertz CT molecular complexity index is 1250. The van der Waals surface area contributed by atoms with Crippen molar-refractivity contribution in [2.45, 2.75) is 53.4 Å². The molecule has 0 fully saturated rings. The molecule has 164 valence electrons. The average Bonchev–Trinajstić information content (AvgIpc) is 2.73. The van der Waals surface area contributed by atoms with E-state index < -0.39 is 0 Å². The molecule has 2 aromatic heterocycles. The van der Waals surface area contributed by atoms with Crippen LogP contribution in [0.1, 0.15) is 56.1 Å². The van der Waals surface area contributed by atoms with E-state index in [1.165, 1.54) is 16.7 Å². The maximum Gasteiger partial charge on any atom is 0.127 e. The van der Waals surface area contributed by atoms with Crippen LogP contribution in [0.15, 0.2) is 60.9 Å². The van der Waals surface area contributed by atoms with Crippen molar-refractivity contribution in [3.8, 4) is 11.1 Å². The monoisotopic (exact) mass is 424 g/mol. The van der Waals surface area contributed by atoms with Gasteiger partial charge in [0.15, 0.2) is 0 Å². The molecule has 0 radical (unpaired) electrons. The summed E-state index contributed by atoms with van der Waals surface area (Å²) >= 11 is 0. The molecule has 2 heterocycles. The molecular formula is C28H32N4. The molecule has 32 heavy (non-hydrogen) atoms. The molecule has 1 atom stereocenters. The van der Waals surface area contributed by atoms with E-state index in [4.69, 9.17) is 10.7 Å². The summed E-state index contributed by atoms with van der Waals surface area (Å²) in [6, 6.07) is 19.2. The molecule has 0 saturated heterocycles. The highest BCUT2D eigenvalue weighted by Crippen LogP contribution is 2.30. The van der Waals surface area contributed by atoms with E-state index in [1.54, 1.807) is 6.33 Å². The minimum atomic E-state index is 0.191. The minimum Gasteiger partial charge on any atom is -0.383 e. The molecular weight excluding hydrogens is 392 g/mol. The number of pyridine rings is 1. The Hall–Kier alpha value is -3.27. The number of aromatic nitrogens is 3. The van der Waals surface area contributed by atoms with Crippen molar-refractivity contribution in [3.05, 3.63) is 83.4 Å². The maximum absolute atomic E-state index is 6.36. The van der Waals surface area contributed by atoms with E-state index >= 15 is 0 Å². The Kier molecular flexibility index (Phi) is 5.96. The molecule has 4 aromatic rings. The number of nitrogens with zero attached hydrogens (tertiary/aromatic N) is 3. The van der Waals surface area contributed by atoms with Gasteiger partial charge in [-0.25, -0.2) is 15.0 Å². The maximum atomic E-state index is 6.36. The number of hydrogen-bond acceptors (Lipinski definition) is 4. The van der Waals surface area contributed by atoms with Crippen molar-refractivity contribution >= 4 is 16.7 Å². The Morgan fingerprint density at radius 3 is 2.50 bits per heavy atom. The first-order valence-electron chi connectivity index (χ1n) is 11.3. The molecule has 0 saturated carbocycles. The molecule has 4 rings (SSSR count). The van der Waals surface area contributed by atoms with E-state index in [0.717, 1.165) is 40.7 Å². The van der Waals surface area contributed by atoms with Gasteiger partial charge in [-0.05, 0) is 71.7 Å². The molecule has 0 spiro atoms. The number of anilines is 1. The normalized spacial score (nSPS) is 12.8. The lowest BCUT2D eigenvalue weighted by atomic mass is 9.89. The van der Waals surface area contributed by atoms with Crippen LogP contribution in [0.5, 0.6) is 0 Å². The molecule has 4 nitrogen and oxygen atoms in total. The van der Waals surface area contributed by atoms with Gasteiger partial charge in [-0.15, -0.1) is 0 Å². The van der Waals surface area contributed by atoms with Gasteiger partial charge in [-0.1, -0.05) is 58.0 Å². The average molecular weight is 425 g/mol. The van der Waals surface area contributed by atoms with Crippen molar-refractivity contribution in [2.24, 2.45) is 5.41 Å². The van der Waals surface area contributed by atoms with Crippen molar-refractivity contribution in [2.75, 3.05) is 5.73 Å². The van der Waals surface area contributed by atoms with Crippen molar-refractivity contribution in [1.29, 1.82) is 0 Å². The second-order valence-corrected chi connectivity index (χ2v) is 10.0. The van der Waals surface area contributed by atoms with Crippen LogP contribution in [0, 0.1) is 12.3 Å². The first-order valence-corrected chi connectivity index (χ1v) is 11.3. The summed E-state index contributed by atoms with van der Waals surface area (Å²) in [4.78, 5) is 13.7. The standard InChI is InChI=1S/C28H32N4/c1-18-8-6-7-9-24(18)20-10-11-25-21(13-20)14-22(27(29)32-25)12-19(2)26-15-23(30-17-31-26)16-28(3,4)5/h6-11,13-15,17,19H,12,16H2,1-5H3,(H2,29,32). The first-order chi connectivity index (χ1) is 15.2. The van der Waals surface area contributed by atoms with Crippen LogP contribution in [-0.4, -0.2) is 15.0 Å². The molecule has 0 aliphatic heterocycles. The van der Waals surface area contributed by atoms with Crippen LogP contribution in [0.3, 0.4) is 0 Å². The summed E-state index contributed by atoms with van der Waals surface area (Å²) in [5.41, 5.74) is 14.4. The zero-order valence-electron chi connectivity index (χ0n) is 19.7. The van der Waals surface area contributed by atoms with Gasteiger partial charge in [0.05, 0.1) is 5.52 Å². The summed E-state index contributed by atoms with van der Waals surface area (Å²) in [6.07, 6.45) is 3.40. The fraction of sp³-hybridized carbons (Fsp3) is 0.321. The van der Waals surface area contributed by atoms with Gasteiger partial charge in [-0.2, -0.15) is 0 Å². The summed E-state index contributed by atoms with van der Waals surface area (Å²) in [7, 11) is 0. The van der Waals surface area contributed by atoms with Gasteiger partial charge in [-0.3, -0.25) is 0 Å². The lowest BCUT2D eigenvalue weighted by Gasteiger charge is -2.18. The van der Waals surface area contributed by atoms with Gasteiger partial charge in [0, 0.05) is 22.7 Å². The highest BCUT2D eigenvalue weighted by Gasteiger charge is 2.16. The van der Waals surface area contributed by atoms with Crippen LogP contribution in [-0.2, 0) is 12.8 Å². The molecule has 0 aliphatic rings. The van der Waals surface area contributed by atoms with E-state index in [9.17, 15) is 0 Å². The van der Waals surface area contributed by atoms with Gasteiger partial charge in [0.1, 0.15) is 12.1 Å². The predicted molar refractivity (Wildman–Crippen MR) is 134 cm³/mol. The number of nitrogens with two attached hydrogens (primary N) is 1. The van der Waals surface area contributed by atoms with Crippen molar-refractivity contribution < 1.29 is 0 Å². The smallest absolute Gasteiger partial charge is 0.127 e. The number of rotatable bonds is 5. The number of fused-ring (bicyclic) bond motifs is 1. The summed E-state index contributed by atoms with van der Waals surface area (Å²) in [5.74, 6) is 0.815. The third-order valence-corrected chi connectivity index (χ3v) is 5.87. The molecule has 4 heteroatoms. The van der Waals surface area contributed by atoms with Crippen LogP contribution in [0.4, 0.5) is 5.82 Å². The van der Waals surface area contributed by atoms with Gasteiger partial charge < -0.3 is 5.73 Å². The highest BCUT2D eigenvalue weighted by atomic mass is 14.9. The number of hydrogen-bond donors (Lipinski definition) is 1. The topological polar surface area (TPSA) is 64.7 Å². The Balaban J connectivity index is 1.63. The van der Waals surface area contributed by atoms with Crippen molar-refractivity contribution in [3.63, 3.8) is 0 Å². The summed E-state index contributed by atoms with van der Waals surface area (Å²) in [5, 5.41) is 1.11. The fourth-order valence-electron chi connectivity index (χ4n) is 4.22. The van der Waals surface area contributed by atoms with Gasteiger partial charge in [0.2, 0.25) is 0 Å². The highest BCUT2D eigenvalue weighted by molar-refractivity contribution is 5.87. The quantitative estimate of drug-likeness (QED) is 0.396. The zero-order chi connectivity index (χ0) is 22.9. The van der Waals surface area contributed by atoms with E-state index in [0.29, 0.717) is 5.82 Å². The third kappa shape index (κ3) is 4.96. The van der Waals surface area contributed by atoms with Crippen LogP contribution < -0.4 is 5.73 Å². The Morgan fingerprint density at radius 2 is 1.75 bits per heavy atom. The second kappa shape index (κ2) is 8.70. The lowest BCUT2D eigenvalue weighted by molar-refractivity contribution is 0.405. The summed E-state index contributed by atoms with van der Waals surface area (Å²) < 4.78 is 0. The number of aryl methyl sites for hydroxylation is 1. The van der Waals surface area contributed by atoms with E-state index in [1.807, 2.05) is 0 Å².